The lowest BCUT2D eigenvalue weighted by atomic mass is 10.3. The van der Waals surface area contributed by atoms with Crippen molar-refractivity contribution in [2.24, 2.45) is 4.99 Å². The number of amides is 2. The van der Waals surface area contributed by atoms with Gasteiger partial charge in [0.1, 0.15) is 5.25 Å². The first-order chi connectivity index (χ1) is 6.67. The Morgan fingerprint density at radius 2 is 2.43 bits per heavy atom. The lowest BCUT2D eigenvalue weighted by Gasteiger charge is -2.04. The molecule has 5 nitrogen and oxygen atoms in total. The largest absolute Gasteiger partial charge is 0.356 e. The maximum Gasteiger partial charge on any atom is 0.240 e. The van der Waals surface area contributed by atoms with Crippen molar-refractivity contribution in [1.82, 2.24) is 10.6 Å². The van der Waals surface area contributed by atoms with Crippen LogP contribution < -0.4 is 10.6 Å². The van der Waals surface area contributed by atoms with Crippen LogP contribution in [-0.4, -0.2) is 35.8 Å². The van der Waals surface area contributed by atoms with E-state index < -0.39 is 0 Å². The third kappa shape index (κ3) is 2.73. The summed E-state index contributed by atoms with van der Waals surface area (Å²) in [6, 6.07) is 0. The Morgan fingerprint density at radius 3 is 2.93 bits per heavy atom. The van der Waals surface area contributed by atoms with Crippen molar-refractivity contribution < 1.29 is 9.59 Å². The molecule has 1 atom stereocenters. The quantitative estimate of drug-likeness (QED) is 0.681. The maximum atomic E-state index is 11.3. The molecule has 0 aromatic carbocycles. The molecule has 1 rings (SSSR count). The third-order valence-electron chi connectivity index (χ3n) is 1.72. The fourth-order valence-corrected chi connectivity index (χ4v) is 2.02. The number of rotatable bonds is 3. The van der Waals surface area contributed by atoms with E-state index in [0.29, 0.717) is 11.7 Å². The summed E-state index contributed by atoms with van der Waals surface area (Å²) in [5.74, 6) is -0.237. The van der Waals surface area contributed by atoms with Crippen molar-refractivity contribution in [1.29, 1.82) is 0 Å². The van der Waals surface area contributed by atoms with Crippen molar-refractivity contribution in [3.05, 3.63) is 0 Å². The Morgan fingerprint density at radius 1 is 1.71 bits per heavy atom. The summed E-state index contributed by atoms with van der Waals surface area (Å²) in [6.07, 6.45) is 0.212. The highest BCUT2D eigenvalue weighted by Gasteiger charge is 2.31. The maximum absolute atomic E-state index is 11.3. The van der Waals surface area contributed by atoms with E-state index in [1.165, 1.54) is 11.8 Å². The van der Waals surface area contributed by atoms with E-state index in [9.17, 15) is 9.59 Å². The van der Waals surface area contributed by atoms with Gasteiger partial charge >= 0.3 is 0 Å². The highest BCUT2D eigenvalue weighted by atomic mass is 32.2. The van der Waals surface area contributed by atoms with E-state index in [-0.39, 0.29) is 23.5 Å². The molecule has 0 aromatic heterocycles. The summed E-state index contributed by atoms with van der Waals surface area (Å²) in [4.78, 5) is 26.3. The molecule has 1 saturated heterocycles. The van der Waals surface area contributed by atoms with Gasteiger partial charge in [0.15, 0.2) is 5.17 Å². The lowest BCUT2D eigenvalue weighted by Crippen LogP contribution is -2.31. The zero-order chi connectivity index (χ0) is 10.6. The number of nitrogens with one attached hydrogen (secondary N) is 2. The van der Waals surface area contributed by atoms with Gasteiger partial charge in [-0.15, -0.1) is 0 Å². The number of nitrogens with zero attached hydrogens (tertiary/aromatic N) is 1. The first kappa shape index (κ1) is 11.0. The van der Waals surface area contributed by atoms with Crippen molar-refractivity contribution in [3.8, 4) is 0 Å². The van der Waals surface area contributed by atoms with Crippen LogP contribution in [0.2, 0.25) is 0 Å². The number of carbonyl (C=O) groups is 2. The molecule has 2 N–H and O–H groups in total. The van der Waals surface area contributed by atoms with Gasteiger partial charge in [0, 0.05) is 20.0 Å². The van der Waals surface area contributed by atoms with Gasteiger partial charge < -0.3 is 10.6 Å². The average molecular weight is 215 g/mol. The second-order valence-electron chi connectivity index (χ2n) is 2.78. The van der Waals surface area contributed by atoms with E-state index in [1.54, 1.807) is 7.05 Å². The van der Waals surface area contributed by atoms with Gasteiger partial charge in [-0.3, -0.25) is 14.6 Å². The third-order valence-corrected chi connectivity index (χ3v) is 2.90. The van der Waals surface area contributed by atoms with E-state index in [2.05, 4.69) is 15.6 Å². The van der Waals surface area contributed by atoms with Crippen molar-refractivity contribution in [2.45, 2.75) is 18.6 Å². The van der Waals surface area contributed by atoms with Crippen LogP contribution in [0.3, 0.4) is 0 Å². The van der Waals surface area contributed by atoms with Crippen LogP contribution in [0, 0.1) is 0 Å². The molecule has 1 heterocycles. The van der Waals surface area contributed by atoms with E-state index >= 15 is 0 Å². The van der Waals surface area contributed by atoms with Gasteiger partial charge in [-0.2, -0.15) is 0 Å². The van der Waals surface area contributed by atoms with Crippen LogP contribution in [-0.2, 0) is 9.59 Å². The summed E-state index contributed by atoms with van der Waals surface area (Å²) in [5, 5.41) is 5.50. The number of hydrogen-bond acceptors (Lipinski definition) is 4. The lowest BCUT2D eigenvalue weighted by molar-refractivity contribution is -0.125. The predicted molar refractivity (Wildman–Crippen MR) is 56.2 cm³/mol. The number of carbonyl (C=O) groups excluding carboxylic acids is 2. The molecule has 6 heteroatoms. The molecule has 2 amide bonds. The molecule has 14 heavy (non-hydrogen) atoms. The second-order valence-corrected chi connectivity index (χ2v) is 3.97. The van der Waals surface area contributed by atoms with Crippen LogP contribution >= 0.6 is 11.8 Å². The van der Waals surface area contributed by atoms with Crippen molar-refractivity contribution in [3.63, 3.8) is 0 Å². The van der Waals surface area contributed by atoms with Crippen LogP contribution in [0.4, 0.5) is 0 Å². The number of aliphatic imine (C=N–C) groups is 1. The molecular formula is C8H13N3O2S. The summed E-state index contributed by atoms with van der Waals surface area (Å²) < 4.78 is 0. The van der Waals surface area contributed by atoms with E-state index in [1.807, 2.05) is 6.92 Å². The standard InChI is InChI=1S/C8H13N3O2S/c1-3-10-6(12)4-5-7(13)11-8(9-2)14-5/h5H,3-4H2,1-2H3,(H,10,12)(H,9,11,13)/t5-/m0/s1. The molecule has 0 radical (unpaired) electrons. The van der Waals surface area contributed by atoms with Crippen molar-refractivity contribution >= 4 is 28.7 Å². The Labute approximate surface area is 86.7 Å². The highest BCUT2D eigenvalue weighted by Crippen LogP contribution is 2.21. The van der Waals surface area contributed by atoms with Crippen LogP contribution in [0.25, 0.3) is 0 Å². The summed E-state index contributed by atoms with van der Waals surface area (Å²) >= 11 is 1.30. The van der Waals surface area contributed by atoms with Crippen LogP contribution in [0.15, 0.2) is 4.99 Å². The zero-order valence-electron chi connectivity index (χ0n) is 8.16. The second kappa shape index (κ2) is 4.99. The van der Waals surface area contributed by atoms with Gasteiger partial charge in [0.2, 0.25) is 11.8 Å². The molecular weight excluding hydrogens is 202 g/mol. The van der Waals surface area contributed by atoms with Gasteiger partial charge in [-0.05, 0) is 6.92 Å². The van der Waals surface area contributed by atoms with Gasteiger partial charge in [-0.1, -0.05) is 11.8 Å². The molecule has 78 valence electrons. The van der Waals surface area contributed by atoms with Crippen molar-refractivity contribution in [2.75, 3.05) is 13.6 Å². The Balaban J connectivity index is 2.46. The molecule has 0 aliphatic carbocycles. The topological polar surface area (TPSA) is 70.6 Å². The fraction of sp³-hybridized carbons (Fsp3) is 0.625. The smallest absolute Gasteiger partial charge is 0.240 e. The fourth-order valence-electron chi connectivity index (χ4n) is 1.08. The molecule has 1 fully saturated rings. The SMILES string of the molecule is CCNC(=O)C[C@@H]1SC(=NC)NC1=O. The van der Waals surface area contributed by atoms with Crippen LogP contribution in [0.5, 0.6) is 0 Å². The van der Waals surface area contributed by atoms with Gasteiger partial charge in [0.05, 0.1) is 0 Å². The first-order valence-corrected chi connectivity index (χ1v) is 5.26. The van der Waals surface area contributed by atoms with Gasteiger partial charge in [-0.25, -0.2) is 0 Å². The summed E-state index contributed by atoms with van der Waals surface area (Å²) in [5.41, 5.74) is 0. The Kier molecular flexibility index (Phi) is 3.94. The Hall–Kier alpha value is -1.04. The van der Waals surface area contributed by atoms with E-state index in [0.717, 1.165) is 0 Å². The average Bonchev–Trinajstić information content (AvgIpc) is 2.48. The molecule has 1 aliphatic rings. The zero-order valence-corrected chi connectivity index (χ0v) is 8.98. The molecule has 1 aliphatic heterocycles. The first-order valence-electron chi connectivity index (χ1n) is 4.38. The molecule has 0 aromatic rings. The minimum absolute atomic E-state index is 0.0995. The van der Waals surface area contributed by atoms with Crippen LogP contribution in [0.1, 0.15) is 13.3 Å². The van der Waals surface area contributed by atoms with Gasteiger partial charge in [0.25, 0.3) is 0 Å². The normalized spacial score (nSPS) is 23.7. The number of thioether (sulfide) groups is 1. The molecule has 0 unspecified atom stereocenters. The Bertz CT molecular complexity index is 278. The van der Waals surface area contributed by atoms with E-state index in [4.69, 9.17) is 0 Å². The highest BCUT2D eigenvalue weighted by molar-refractivity contribution is 8.15. The number of amidine groups is 1. The summed E-state index contributed by atoms with van der Waals surface area (Å²) in [7, 11) is 1.61. The summed E-state index contributed by atoms with van der Waals surface area (Å²) in [6.45, 7) is 2.44. The molecule has 0 saturated carbocycles. The monoisotopic (exact) mass is 215 g/mol. The molecule has 0 spiro atoms. The molecule has 0 bridgehead atoms. The number of hydrogen-bond donors (Lipinski definition) is 2. The predicted octanol–water partition coefficient (Wildman–Crippen LogP) is -0.270. The minimum atomic E-state index is -0.333. The minimum Gasteiger partial charge on any atom is -0.356 e.